The van der Waals surface area contributed by atoms with Crippen molar-refractivity contribution in [3.8, 4) is 11.5 Å². The molecule has 0 spiro atoms. The van der Waals surface area contributed by atoms with Crippen LogP contribution in [0.2, 0.25) is 0 Å². The molecular formula is C10H16N2O2. The quantitative estimate of drug-likeness (QED) is 0.689. The molecule has 4 nitrogen and oxygen atoms in total. The van der Waals surface area contributed by atoms with E-state index in [1.807, 2.05) is 24.3 Å². The van der Waals surface area contributed by atoms with Crippen molar-refractivity contribution in [2.24, 2.45) is 11.5 Å². The van der Waals surface area contributed by atoms with Gasteiger partial charge in [0.05, 0.1) is 0 Å². The summed E-state index contributed by atoms with van der Waals surface area (Å²) < 4.78 is 10.8. The van der Waals surface area contributed by atoms with Crippen molar-refractivity contribution in [2.45, 2.75) is 0 Å². The molecule has 0 saturated carbocycles. The molecular weight excluding hydrogens is 180 g/mol. The maximum Gasteiger partial charge on any atom is 0.161 e. The number of rotatable bonds is 6. The second kappa shape index (κ2) is 6.23. The summed E-state index contributed by atoms with van der Waals surface area (Å²) in [6, 6.07) is 7.48. The first-order chi connectivity index (χ1) is 6.88. The van der Waals surface area contributed by atoms with Crippen LogP contribution in [0.3, 0.4) is 0 Å². The lowest BCUT2D eigenvalue weighted by Crippen LogP contribution is -2.13. The van der Waals surface area contributed by atoms with Gasteiger partial charge >= 0.3 is 0 Å². The highest BCUT2D eigenvalue weighted by Gasteiger charge is 2.02. The van der Waals surface area contributed by atoms with Crippen LogP contribution in [0.5, 0.6) is 11.5 Å². The van der Waals surface area contributed by atoms with E-state index in [-0.39, 0.29) is 0 Å². The van der Waals surface area contributed by atoms with Gasteiger partial charge in [0.1, 0.15) is 13.2 Å². The van der Waals surface area contributed by atoms with Crippen LogP contribution >= 0.6 is 0 Å². The smallest absolute Gasteiger partial charge is 0.161 e. The summed E-state index contributed by atoms with van der Waals surface area (Å²) in [6.07, 6.45) is 0. The van der Waals surface area contributed by atoms with E-state index in [1.54, 1.807) is 0 Å². The van der Waals surface area contributed by atoms with Gasteiger partial charge in [-0.15, -0.1) is 0 Å². The molecule has 0 aliphatic rings. The topological polar surface area (TPSA) is 70.5 Å². The molecule has 4 heteroatoms. The van der Waals surface area contributed by atoms with Crippen LogP contribution in [0.1, 0.15) is 0 Å². The molecule has 0 aliphatic heterocycles. The predicted octanol–water partition coefficient (Wildman–Crippen LogP) is 0.362. The highest BCUT2D eigenvalue weighted by Crippen LogP contribution is 2.25. The van der Waals surface area contributed by atoms with E-state index in [0.29, 0.717) is 37.8 Å². The third-order valence-corrected chi connectivity index (χ3v) is 1.60. The Hall–Kier alpha value is -1.26. The average molecular weight is 196 g/mol. The maximum atomic E-state index is 5.39. The zero-order chi connectivity index (χ0) is 10.2. The van der Waals surface area contributed by atoms with E-state index in [2.05, 4.69) is 0 Å². The molecule has 0 atom stereocenters. The lowest BCUT2D eigenvalue weighted by atomic mass is 10.3. The molecule has 1 aromatic carbocycles. The highest BCUT2D eigenvalue weighted by atomic mass is 16.5. The lowest BCUT2D eigenvalue weighted by molar-refractivity contribution is 0.278. The number of benzene rings is 1. The van der Waals surface area contributed by atoms with Crippen molar-refractivity contribution in [2.75, 3.05) is 26.3 Å². The molecule has 14 heavy (non-hydrogen) atoms. The monoisotopic (exact) mass is 196 g/mol. The van der Waals surface area contributed by atoms with Gasteiger partial charge < -0.3 is 20.9 Å². The first-order valence-corrected chi connectivity index (χ1v) is 4.63. The van der Waals surface area contributed by atoms with Crippen LogP contribution in [0.4, 0.5) is 0 Å². The van der Waals surface area contributed by atoms with E-state index in [4.69, 9.17) is 20.9 Å². The predicted molar refractivity (Wildman–Crippen MR) is 55.5 cm³/mol. The van der Waals surface area contributed by atoms with Crippen molar-refractivity contribution in [3.63, 3.8) is 0 Å². The van der Waals surface area contributed by atoms with Crippen LogP contribution in [0.15, 0.2) is 24.3 Å². The van der Waals surface area contributed by atoms with E-state index in [0.717, 1.165) is 0 Å². The van der Waals surface area contributed by atoms with Crippen LogP contribution in [0.25, 0.3) is 0 Å². The zero-order valence-corrected chi connectivity index (χ0v) is 8.11. The average Bonchev–Trinajstić information content (AvgIpc) is 2.24. The Kier molecular flexibility index (Phi) is 4.82. The van der Waals surface area contributed by atoms with Gasteiger partial charge in [-0.2, -0.15) is 0 Å². The minimum Gasteiger partial charge on any atom is -0.488 e. The summed E-state index contributed by atoms with van der Waals surface area (Å²) in [6.45, 7) is 1.96. The van der Waals surface area contributed by atoms with Crippen molar-refractivity contribution >= 4 is 0 Å². The summed E-state index contributed by atoms with van der Waals surface area (Å²) in [4.78, 5) is 0. The van der Waals surface area contributed by atoms with Gasteiger partial charge in [0.2, 0.25) is 0 Å². The molecule has 0 saturated heterocycles. The van der Waals surface area contributed by atoms with Crippen molar-refractivity contribution < 1.29 is 9.47 Å². The summed E-state index contributed by atoms with van der Waals surface area (Å²) in [5.74, 6) is 1.43. The summed E-state index contributed by atoms with van der Waals surface area (Å²) >= 11 is 0. The number of para-hydroxylation sites is 2. The van der Waals surface area contributed by atoms with Crippen molar-refractivity contribution in [1.82, 2.24) is 0 Å². The highest BCUT2D eigenvalue weighted by molar-refractivity contribution is 5.39. The molecule has 0 aromatic heterocycles. The Morgan fingerprint density at radius 3 is 1.64 bits per heavy atom. The van der Waals surface area contributed by atoms with Crippen molar-refractivity contribution in [1.29, 1.82) is 0 Å². The zero-order valence-electron chi connectivity index (χ0n) is 8.11. The summed E-state index contributed by atoms with van der Waals surface area (Å²) in [5, 5.41) is 0. The lowest BCUT2D eigenvalue weighted by Gasteiger charge is -2.10. The molecule has 0 unspecified atom stereocenters. The number of ether oxygens (including phenoxy) is 2. The Morgan fingerprint density at radius 2 is 1.29 bits per heavy atom. The molecule has 0 radical (unpaired) electrons. The second-order valence-corrected chi connectivity index (χ2v) is 2.72. The van der Waals surface area contributed by atoms with Gasteiger partial charge in [-0.1, -0.05) is 12.1 Å². The number of hydrogen-bond donors (Lipinski definition) is 2. The Balaban J connectivity index is 2.60. The number of hydrogen-bond acceptors (Lipinski definition) is 4. The first kappa shape index (κ1) is 10.8. The van der Waals surface area contributed by atoms with Crippen LogP contribution in [-0.2, 0) is 0 Å². The first-order valence-electron chi connectivity index (χ1n) is 4.63. The van der Waals surface area contributed by atoms with Crippen LogP contribution < -0.4 is 20.9 Å². The second-order valence-electron chi connectivity index (χ2n) is 2.72. The molecule has 0 bridgehead atoms. The van der Waals surface area contributed by atoms with E-state index in [1.165, 1.54) is 0 Å². The fraction of sp³-hybridized carbons (Fsp3) is 0.400. The maximum absolute atomic E-state index is 5.39. The molecule has 1 rings (SSSR count). The summed E-state index contributed by atoms with van der Waals surface area (Å²) in [7, 11) is 0. The third kappa shape index (κ3) is 3.24. The van der Waals surface area contributed by atoms with Gasteiger partial charge in [-0.05, 0) is 12.1 Å². The van der Waals surface area contributed by atoms with Gasteiger partial charge in [-0.25, -0.2) is 0 Å². The number of nitrogens with two attached hydrogens (primary N) is 2. The van der Waals surface area contributed by atoms with Crippen molar-refractivity contribution in [3.05, 3.63) is 24.3 Å². The van der Waals surface area contributed by atoms with Gasteiger partial charge in [0.15, 0.2) is 11.5 Å². The molecule has 0 fully saturated rings. The third-order valence-electron chi connectivity index (χ3n) is 1.60. The standard InChI is InChI=1S/C10H16N2O2/c11-5-7-13-9-3-1-2-4-10(9)14-8-6-12/h1-4H,5-8,11-12H2. The van der Waals surface area contributed by atoms with E-state index >= 15 is 0 Å². The fourth-order valence-electron chi connectivity index (χ4n) is 1.03. The minimum atomic E-state index is 0.489. The normalized spacial score (nSPS) is 9.86. The Bertz CT molecular complexity index is 239. The summed E-state index contributed by atoms with van der Waals surface area (Å²) in [5.41, 5.74) is 10.7. The molecule has 4 N–H and O–H groups in total. The molecule has 0 aliphatic carbocycles. The van der Waals surface area contributed by atoms with Gasteiger partial charge in [0.25, 0.3) is 0 Å². The Morgan fingerprint density at radius 1 is 0.857 bits per heavy atom. The molecule has 78 valence electrons. The van der Waals surface area contributed by atoms with E-state index in [9.17, 15) is 0 Å². The largest absolute Gasteiger partial charge is 0.488 e. The molecule has 0 heterocycles. The van der Waals surface area contributed by atoms with Crippen LogP contribution in [-0.4, -0.2) is 26.3 Å². The van der Waals surface area contributed by atoms with Gasteiger partial charge in [0, 0.05) is 13.1 Å². The fourth-order valence-corrected chi connectivity index (χ4v) is 1.03. The molecule has 1 aromatic rings. The SMILES string of the molecule is NCCOc1ccccc1OCCN. The minimum absolute atomic E-state index is 0.489. The van der Waals surface area contributed by atoms with E-state index < -0.39 is 0 Å². The van der Waals surface area contributed by atoms with Gasteiger partial charge in [-0.3, -0.25) is 0 Å². The Labute approximate surface area is 83.8 Å². The molecule has 0 amide bonds. The van der Waals surface area contributed by atoms with Crippen LogP contribution in [0, 0.1) is 0 Å².